The molecule has 1 saturated carbocycles. The van der Waals surface area contributed by atoms with Gasteiger partial charge in [-0.05, 0) is 66.3 Å². The Morgan fingerprint density at radius 1 is 0.766 bits per heavy atom. The molecule has 8 rings (SSSR count). The molecule has 1 saturated heterocycles. The molecule has 0 radical (unpaired) electrons. The molecule has 0 bridgehead atoms. The maximum absolute atomic E-state index is 15.0. The highest BCUT2D eigenvalue weighted by Crippen LogP contribution is 2.64. The third kappa shape index (κ3) is 4.24. The number of hydrogen-bond donors (Lipinski definition) is 1. The topological polar surface area (TPSA) is 91.8 Å². The second-order valence-corrected chi connectivity index (χ2v) is 13.3. The van der Waals surface area contributed by atoms with Gasteiger partial charge in [-0.2, -0.15) is 0 Å². The third-order valence-corrected chi connectivity index (χ3v) is 10.9. The smallest absolute Gasteiger partial charge is 0.238 e. The van der Waals surface area contributed by atoms with Crippen LogP contribution in [0, 0.1) is 23.7 Å². The monoisotopic (exact) mass is 639 g/mol. The van der Waals surface area contributed by atoms with E-state index in [2.05, 4.69) is 0 Å². The van der Waals surface area contributed by atoms with Gasteiger partial charge in [-0.3, -0.25) is 24.1 Å². The van der Waals surface area contributed by atoms with E-state index in [-0.39, 0.29) is 35.6 Å². The maximum Gasteiger partial charge on any atom is 0.238 e. The van der Waals surface area contributed by atoms with E-state index in [1.54, 1.807) is 36.4 Å². The molecule has 1 N–H and O–H groups in total. The lowest BCUT2D eigenvalue weighted by atomic mass is 9.44. The highest BCUT2D eigenvalue weighted by Gasteiger charge is 2.66. The first-order valence-electron chi connectivity index (χ1n) is 15.8. The lowest BCUT2D eigenvalue weighted by Crippen LogP contribution is -2.58. The molecule has 7 heteroatoms. The van der Waals surface area contributed by atoms with E-state index >= 15 is 4.79 Å². The van der Waals surface area contributed by atoms with E-state index in [1.807, 2.05) is 72.8 Å². The molecule has 4 aromatic rings. The number of allylic oxidation sites excluding steroid dienone is 4. The Hall–Kier alpha value is -5.07. The average molecular weight is 640 g/mol. The molecule has 0 unspecified atom stereocenters. The molecule has 232 valence electrons. The standard InChI is InChI=1S/C40H30ClNO5/c41-25-16-19-33(43)31(20-25)36-27-17-18-28-35(39(47)42(38(28)46)26-14-8-3-9-15-26)30(27)21-32-37(45)29(23-10-4-1-5-11-23)22-34(44)40(32,36)24-12-6-2-7-13-24/h1-17,19-20,22,28,30,32,35-36,43H,18,21H2/t28-,30+,32-,35-,36+,40-/m0/s1. The van der Waals surface area contributed by atoms with Crippen LogP contribution in [0.2, 0.25) is 5.02 Å². The van der Waals surface area contributed by atoms with Crippen molar-refractivity contribution in [3.63, 3.8) is 0 Å². The van der Waals surface area contributed by atoms with Crippen molar-refractivity contribution in [2.24, 2.45) is 23.7 Å². The van der Waals surface area contributed by atoms with Crippen LogP contribution in [-0.2, 0) is 24.6 Å². The van der Waals surface area contributed by atoms with Gasteiger partial charge in [-0.1, -0.05) is 102 Å². The summed E-state index contributed by atoms with van der Waals surface area (Å²) in [6.45, 7) is 0. The summed E-state index contributed by atoms with van der Waals surface area (Å²) in [6, 6.07) is 32.1. The zero-order valence-corrected chi connectivity index (χ0v) is 26.0. The van der Waals surface area contributed by atoms with E-state index in [9.17, 15) is 19.5 Å². The van der Waals surface area contributed by atoms with E-state index in [4.69, 9.17) is 11.6 Å². The quantitative estimate of drug-likeness (QED) is 0.190. The predicted molar refractivity (Wildman–Crippen MR) is 179 cm³/mol. The Labute approximate surface area is 277 Å². The summed E-state index contributed by atoms with van der Waals surface area (Å²) >= 11 is 6.56. The molecule has 4 aliphatic rings. The SMILES string of the molecule is O=C1C(c2ccccc2)=CC(=O)[C@@]2(c3ccccc3)[C@@H](c3cc(Cl)ccc3O)C3=CC[C@@H]4C(=O)N(c5ccccc5)C(=O)[C@@H]4[C@@H]3C[C@@H]12. The minimum atomic E-state index is -1.43. The van der Waals surface area contributed by atoms with Crippen molar-refractivity contribution in [2.75, 3.05) is 4.90 Å². The molecule has 4 aromatic carbocycles. The van der Waals surface area contributed by atoms with Crippen molar-refractivity contribution in [1.29, 1.82) is 0 Å². The fourth-order valence-corrected chi connectivity index (χ4v) is 8.99. The molecule has 2 fully saturated rings. The van der Waals surface area contributed by atoms with Crippen LogP contribution in [0.1, 0.15) is 35.4 Å². The minimum Gasteiger partial charge on any atom is -0.508 e. The molecule has 0 spiro atoms. The molecule has 3 aliphatic carbocycles. The zero-order valence-electron chi connectivity index (χ0n) is 25.3. The molecule has 2 amide bonds. The van der Waals surface area contributed by atoms with Gasteiger partial charge in [0, 0.05) is 28.0 Å². The molecule has 6 nitrogen and oxygen atoms in total. The summed E-state index contributed by atoms with van der Waals surface area (Å²) in [4.78, 5) is 59.5. The van der Waals surface area contributed by atoms with Gasteiger partial charge in [0.2, 0.25) is 11.8 Å². The lowest BCUT2D eigenvalue weighted by molar-refractivity contribution is -0.135. The number of phenolic OH excluding ortho intramolecular Hbond substituents is 1. The number of para-hydroxylation sites is 1. The molecule has 47 heavy (non-hydrogen) atoms. The van der Waals surface area contributed by atoms with Crippen molar-refractivity contribution >= 4 is 46.2 Å². The van der Waals surface area contributed by atoms with Crippen LogP contribution in [0.25, 0.3) is 5.57 Å². The summed E-state index contributed by atoms with van der Waals surface area (Å²) in [5.74, 6) is -4.67. The largest absolute Gasteiger partial charge is 0.508 e. The first kappa shape index (κ1) is 29.3. The fourth-order valence-electron chi connectivity index (χ4n) is 8.81. The van der Waals surface area contributed by atoms with Crippen molar-refractivity contribution in [3.05, 3.63) is 149 Å². The number of fused-ring (bicyclic) bond motifs is 4. The molecular weight excluding hydrogens is 610 g/mol. The number of Topliss-reactive ketones (excluding diaryl/α,β-unsaturated/α-hetero) is 1. The van der Waals surface area contributed by atoms with E-state index in [0.717, 1.165) is 5.57 Å². The van der Waals surface area contributed by atoms with Gasteiger partial charge in [-0.15, -0.1) is 0 Å². The van der Waals surface area contributed by atoms with Crippen molar-refractivity contribution in [3.8, 4) is 5.75 Å². The van der Waals surface area contributed by atoms with Crippen LogP contribution < -0.4 is 4.90 Å². The van der Waals surface area contributed by atoms with Gasteiger partial charge in [0.15, 0.2) is 11.6 Å². The van der Waals surface area contributed by atoms with Gasteiger partial charge in [0.1, 0.15) is 5.75 Å². The summed E-state index contributed by atoms with van der Waals surface area (Å²) in [6.07, 6.45) is 3.93. The number of rotatable bonds is 4. The second kappa shape index (κ2) is 11.0. The van der Waals surface area contributed by atoms with Crippen LogP contribution >= 0.6 is 11.6 Å². The molecule has 0 aromatic heterocycles. The number of halogens is 1. The normalized spacial score (nSPS) is 28.3. The number of hydrogen-bond acceptors (Lipinski definition) is 5. The number of carbonyl (C=O) groups excluding carboxylic acids is 4. The van der Waals surface area contributed by atoms with Crippen LogP contribution in [0.4, 0.5) is 5.69 Å². The molecular formula is C40H30ClNO5. The lowest BCUT2D eigenvalue weighted by Gasteiger charge is -2.55. The third-order valence-electron chi connectivity index (χ3n) is 10.7. The zero-order chi connectivity index (χ0) is 32.4. The number of anilines is 1. The number of nitrogens with zero attached hydrogens (tertiary/aromatic N) is 1. The Balaban J connectivity index is 1.38. The number of amides is 2. The fraction of sp³-hybridized carbons (Fsp3) is 0.200. The van der Waals surface area contributed by atoms with Crippen LogP contribution in [-0.4, -0.2) is 28.5 Å². The van der Waals surface area contributed by atoms with Crippen LogP contribution in [0.15, 0.2) is 127 Å². The molecule has 1 heterocycles. The minimum absolute atomic E-state index is 0.0602. The number of carbonyl (C=O) groups is 4. The first-order chi connectivity index (χ1) is 22.8. The Bertz CT molecular complexity index is 2020. The van der Waals surface area contributed by atoms with E-state index in [1.165, 1.54) is 17.0 Å². The van der Waals surface area contributed by atoms with Crippen molar-refractivity contribution in [1.82, 2.24) is 0 Å². The van der Waals surface area contributed by atoms with E-state index in [0.29, 0.717) is 39.4 Å². The number of phenols is 1. The van der Waals surface area contributed by atoms with Gasteiger partial charge < -0.3 is 5.11 Å². The van der Waals surface area contributed by atoms with Gasteiger partial charge in [-0.25, -0.2) is 0 Å². The van der Waals surface area contributed by atoms with Gasteiger partial charge in [0.05, 0.1) is 22.9 Å². The van der Waals surface area contributed by atoms with E-state index < -0.39 is 35.0 Å². The molecule has 6 atom stereocenters. The number of imide groups is 1. The number of aromatic hydroxyl groups is 1. The average Bonchev–Trinajstić information content (AvgIpc) is 3.36. The highest BCUT2D eigenvalue weighted by atomic mass is 35.5. The second-order valence-electron chi connectivity index (χ2n) is 12.8. The van der Waals surface area contributed by atoms with Gasteiger partial charge >= 0.3 is 0 Å². The van der Waals surface area contributed by atoms with Crippen molar-refractivity contribution < 1.29 is 24.3 Å². The van der Waals surface area contributed by atoms with Gasteiger partial charge in [0.25, 0.3) is 0 Å². The first-order valence-corrected chi connectivity index (χ1v) is 16.2. The van der Waals surface area contributed by atoms with Crippen LogP contribution in [0.5, 0.6) is 5.75 Å². The number of ketones is 2. The summed E-state index contributed by atoms with van der Waals surface area (Å²) in [7, 11) is 0. The predicted octanol–water partition coefficient (Wildman–Crippen LogP) is 7.07. The Morgan fingerprint density at radius 3 is 2.13 bits per heavy atom. The Morgan fingerprint density at radius 2 is 1.43 bits per heavy atom. The molecule has 1 aliphatic heterocycles. The van der Waals surface area contributed by atoms with Crippen LogP contribution in [0.3, 0.4) is 0 Å². The Kier molecular flexibility index (Phi) is 6.88. The summed E-state index contributed by atoms with van der Waals surface area (Å²) < 4.78 is 0. The highest BCUT2D eigenvalue weighted by molar-refractivity contribution is 6.32. The summed E-state index contributed by atoms with van der Waals surface area (Å²) in [5, 5.41) is 11.8. The van der Waals surface area contributed by atoms with Crippen molar-refractivity contribution in [2.45, 2.75) is 24.2 Å². The summed E-state index contributed by atoms with van der Waals surface area (Å²) in [5.41, 5.74) is 1.87. The maximum atomic E-state index is 15.0. The number of benzene rings is 4.